The van der Waals surface area contributed by atoms with Gasteiger partial charge in [0.05, 0.1) is 10.6 Å². The summed E-state index contributed by atoms with van der Waals surface area (Å²) in [7, 11) is -3.12. The molecule has 0 saturated carbocycles. The fraction of sp³-hybridized carbons (Fsp3) is 0.455. The molecule has 16 heavy (non-hydrogen) atoms. The minimum Gasteiger partial charge on any atom is -0.224 e. The van der Waals surface area contributed by atoms with Crippen molar-refractivity contribution in [3.05, 3.63) is 24.3 Å². The van der Waals surface area contributed by atoms with Crippen LogP contribution in [-0.4, -0.2) is 25.8 Å². The molecule has 0 spiro atoms. The third-order valence-electron chi connectivity index (χ3n) is 2.10. The van der Waals surface area contributed by atoms with E-state index in [-0.39, 0.29) is 5.75 Å². The number of benzene rings is 1. The van der Waals surface area contributed by atoms with E-state index in [0.29, 0.717) is 10.8 Å². The van der Waals surface area contributed by atoms with Gasteiger partial charge in [-0.15, -0.1) is 23.4 Å². The maximum absolute atomic E-state index is 11.8. The molecule has 0 aliphatic carbocycles. The van der Waals surface area contributed by atoms with Crippen LogP contribution in [0.25, 0.3) is 0 Å². The molecule has 0 fully saturated rings. The Morgan fingerprint density at radius 1 is 1.31 bits per heavy atom. The molecule has 0 amide bonds. The minimum atomic E-state index is -3.12. The number of rotatable bonds is 6. The van der Waals surface area contributed by atoms with Crippen molar-refractivity contribution < 1.29 is 8.42 Å². The van der Waals surface area contributed by atoms with Crippen LogP contribution in [0.15, 0.2) is 34.1 Å². The lowest BCUT2D eigenvalue weighted by atomic mass is 10.4. The third-order valence-corrected chi connectivity index (χ3v) is 5.44. The van der Waals surface area contributed by atoms with Crippen LogP contribution >= 0.6 is 23.4 Å². The zero-order valence-electron chi connectivity index (χ0n) is 9.15. The summed E-state index contributed by atoms with van der Waals surface area (Å²) in [4.78, 5) is 1.27. The second kappa shape index (κ2) is 6.52. The van der Waals surface area contributed by atoms with Crippen LogP contribution in [0.4, 0.5) is 0 Å². The summed E-state index contributed by atoms with van der Waals surface area (Å²) in [5, 5.41) is 0. The summed E-state index contributed by atoms with van der Waals surface area (Å²) in [6, 6.07) is 7.13. The van der Waals surface area contributed by atoms with Crippen molar-refractivity contribution in [1.29, 1.82) is 0 Å². The Bertz CT molecular complexity index is 429. The highest BCUT2D eigenvalue weighted by molar-refractivity contribution is 8.00. The van der Waals surface area contributed by atoms with Gasteiger partial charge >= 0.3 is 0 Å². The van der Waals surface area contributed by atoms with Crippen LogP contribution < -0.4 is 0 Å². The summed E-state index contributed by atoms with van der Waals surface area (Å²) < 4.78 is 23.6. The molecule has 0 atom stereocenters. The molecule has 0 heterocycles. The van der Waals surface area contributed by atoms with E-state index in [1.54, 1.807) is 30.8 Å². The van der Waals surface area contributed by atoms with Gasteiger partial charge in [0, 0.05) is 10.8 Å². The van der Waals surface area contributed by atoms with Crippen molar-refractivity contribution in [3.8, 4) is 0 Å². The monoisotopic (exact) mass is 278 g/mol. The SMILES string of the molecule is CCS(=O)(=O)c1ccccc1SCCCCl. The topological polar surface area (TPSA) is 34.1 Å². The molecule has 0 aromatic heterocycles. The highest BCUT2D eigenvalue weighted by atomic mass is 35.5. The molecule has 1 aromatic rings. The molecule has 0 saturated heterocycles. The summed E-state index contributed by atoms with van der Waals surface area (Å²) in [5.74, 6) is 1.59. The molecule has 1 rings (SSSR count). The van der Waals surface area contributed by atoms with Gasteiger partial charge < -0.3 is 0 Å². The molecule has 90 valence electrons. The van der Waals surface area contributed by atoms with Gasteiger partial charge in [-0.05, 0) is 24.3 Å². The van der Waals surface area contributed by atoms with Crippen LogP contribution in [-0.2, 0) is 9.84 Å². The Hall–Kier alpha value is -0.190. The van der Waals surface area contributed by atoms with E-state index in [1.807, 2.05) is 12.1 Å². The fourth-order valence-corrected chi connectivity index (χ4v) is 3.93. The summed E-state index contributed by atoms with van der Waals surface area (Å²) in [5.41, 5.74) is 0. The van der Waals surface area contributed by atoms with Crippen LogP contribution in [0.2, 0.25) is 0 Å². The van der Waals surface area contributed by atoms with E-state index in [1.165, 1.54) is 0 Å². The summed E-state index contributed by atoms with van der Waals surface area (Å²) >= 11 is 7.14. The highest BCUT2D eigenvalue weighted by Gasteiger charge is 2.15. The molecule has 0 aliphatic rings. The zero-order chi connectivity index (χ0) is 12.0. The molecule has 2 nitrogen and oxygen atoms in total. The minimum absolute atomic E-state index is 0.139. The number of hydrogen-bond acceptors (Lipinski definition) is 3. The Balaban J connectivity index is 2.92. The first-order valence-electron chi connectivity index (χ1n) is 5.12. The van der Waals surface area contributed by atoms with E-state index < -0.39 is 9.84 Å². The molecule has 0 N–H and O–H groups in total. The van der Waals surface area contributed by atoms with E-state index in [0.717, 1.165) is 17.1 Å². The molecule has 0 unspecified atom stereocenters. The summed E-state index contributed by atoms with van der Waals surface area (Å²) in [6.07, 6.45) is 0.882. The predicted octanol–water partition coefficient (Wildman–Crippen LogP) is 3.20. The Morgan fingerprint density at radius 2 is 2.00 bits per heavy atom. The van der Waals surface area contributed by atoms with Crippen LogP contribution in [0.5, 0.6) is 0 Å². The number of halogens is 1. The first kappa shape index (κ1) is 13.9. The molecule has 1 aromatic carbocycles. The van der Waals surface area contributed by atoms with Crippen LogP contribution in [0.1, 0.15) is 13.3 Å². The lowest BCUT2D eigenvalue weighted by Crippen LogP contribution is -2.05. The van der Waals surface area contributed by atoms with Crippen molar-refractivity contribution in [3.63, 3.8) is 0 Å². The van der Waals surface area contributed by atoms with Crippen molar-refractivity contribution in [1.82, 2.24) is 0 Å². The molecular formula is C11H15ClO2S2. The molecule has 0 aliphatic heterocycles. The molecular weight excluding hydrogens is 264 g/mol. The smallest absolute Gasteiger partial charge is 0.179 e. The number of thioether (sulfide) groups is 1. The number of alkyl halides is 1. The first-order valence-corrected chi connectivity index (χ1v) is 8.29. The standard InChI is InChI=1S/C11H15ClO2S2/c1-2-16(13,14)11-7-4-3-6-10(11)15-9-5-8-12/h3-4,6-7H,2,5,8-9H2,1H3. The van der Waals surface area contributed by atoms with E-state index >= 15 is 0 Å². The first-order chi connectivity index (χ1) is 7.61. The Morgan fingerprint density at radius 3 is 2.62 bits per heavy atom. The summed E-state index contributed by atoms with van der Waals surface area (Å²) in [6.45, 7) is 1.66. The fourth-order valence-electron chi connectivity index (χ4n) is 1.22. The van der Waals surface area contributed by atoms with Crippen molar-refractivity contribution >= 4 is 33.2 Å². The molecule has 5 heteroatoms. The van der Waals surface area contributed by atoms with Crippen molar-refractivity contribution in [2.45, 2.75) is 23.1 Å². The van der Waals surface area contributed by atoms with Gasteiger partial charge in [0.2, 0.25) is 0 Å². The maximum atomic E-state index is 11.8. The average Bonchev–Trinajstić information content (AvgIpc) is 2.30. The van der Waals surface area contributed by atoms with Crippen molar-refractivity contribution in [2.24, 2.45) is 0 Å². The quantitative estimate of drug-likeness (QED) is 0.455. The van der Waals surface area contributed by atoms with Gasteiger partial charge in [0.15, 0.2) is 9.84 Å². The van der Waals surface area contributed by atoms with Crippen molar-refractivity contribution in [2.75, 3.05) is 17.4 Å². The van der Waals surface area contributed by atoms with Gasteiger partial charge in [-0.2, -0.15) is 0 Å². The normalized spacial score (nSPS) is 11.6. The highest BCUT2D eigenvalue weighted by Crippen LogP contribution is 2.27. The zero-order valence-corrected chi connectivity index (χ0v) is 11.5. The van der Waals surface area contributed by atoms with Gasteiger partial charge in [0.25, 0.3) is 0 Å². The van der Waals surface area contributed by atoms with Gasteiger partial charge in [-0.1, -0.05) is 19.1 Å². The number of hydrogen-bond donors (Lipinski definition) is 0. The second-order valence-corrected chi connectivity index (χ2v) is 7.00. The lowest BCUT2D eigenvalue weighted by molar-refractivity contribution is 0.595. The Labute approximate surface area is 106 Å². The van der Waals surface area contributed by atoms with E-state index in [9.17, 15) is 8.42 Å². The molecule has 0 radical (unpaired) electrons. The van der Waals surface area contributed by atoms with Gasteiger partial charge in [-0.25, -0.2) is 8.42 Å². The van der Waals surface area contributed by atoms with E-state index in [4.69, 9.17) is 11.6 Å². The predicted molar refractivity (Wildman–Crippen MR) is 70.2 cm³/mol. The largest absolute Gasteiger partial charge is 0.224 e. The Kier molecular flexibility index (Phi) is 5.66. The van der Waals surface area contributed by atoms with Gasteiger partial charge in [-0.3, -0.25) is 0 Å². The number of sulfone groups is 1. The van der Waals surface area contributed by atoms with Crippen LogP contribution in [0.3, 0.4) is 0 Å². The van der Waals surface area contributed by atoms with E-state index in [2.05, 4.69) is 0 Å². The van der Waals surface area contributed by atoms with Gasteiger partial charge in [0.1, 0.15) is 0 Å². The average molecular weight is 279 g/mol. The van der Waals surface area contributed by atoms with Crippen LogP contribution in [0, 0.1) is 0 Å². The second-order valence-electron chi connectivity index (χ2n) is 3.24. The molecule has 0 bridgehead atoms. The lowest BCUT2D eigenvalue weighted by Gasteiger charge is -2.08. The maximum Gasteiger partial charge on any atom is 0.179 e. The third kappa shape index (κ3) is 3.68.